The first-order chi connectivity index (χ1) is 8.23. The quantitative estimate of drug-likeness (QED) is 0.794. The first kappa shape index (κ1) is 15.2. The maximum Gasteiger partial charge on any atom is 0.327 e. The van der Waals surface area contributed by atoms with Crippen LogP contribution in [-0.2, 0) is 19.4 Å². The van der Waals surface area contributed by atoms with E-state index in [1.807, 2.05) is 0 Å². The molecule has 1 aromatic rings. The minimum absolute atomic E-state index is 0.101. The molecule has 100 valence electrons. The molecule has 18 heavy (non-hydrogen) atoms. The number of esters is 1. The second-order valence-corrected chi connectivity index (χ2v) is 7.60. The van der Waals surface area contributed by atoms with Crippen LogP contribution in [0.25, 0.3) is 0 Å². The number of sulfone groups is 1. The van der Waals surface area contributed by atoms with Gasteiger partial charge in [-0.05, 0) is 45.0 Å². The Hall–Kier alpha value is -0.880. The Bertz CT molecular complexity index is 532. The van der Waals surface area contributed by atoms with Crippen LogP contribution >= 0.6 is 15.9 Å². The fourth-order valence-corrected chi connectivity index (χ4v) is 2.95. The van der Waals surface area contributed by atoms with Crippen molar-refractivity contribution in [3.8, 4) is 0 Å². The lowest BCUT2D eigenvalue weighted by Gasteiger charge is -2.22. The van der Waals surface area contributed by atoms with Crippen molar-refractivity contribution in [2.45, 2.75) is 30.4 Å². The van der Waals surface area contributed by atoms with Crippen molar-refractivity contribution in [3.63, 3.8) is 0 Å². The van der Waals surface area contributed by atoms with Gasteiger partial charge in [0.1, 0.15) is 0 Å². The van der Waals surface area contributed by atoms with Gasteiger partial charge in [0.15, 0.2) is 14.6 Å². The Morgan fingerprint density at radius 2 is 1.78 bits per heavy atom. The molecule has 0 bridgehead atoms. The van der Waals surface area contributed by atoms with Crippen LogP contribution in [0.3, 0.4) is 0 Å². The van der Waals surface area contributed by atoms with Gasteiger partial charge in [0.05, 0.1) is 11.5 Å². The molecule has 0 N–H and O–H groups in total. The summed E-state index contributed by atoms with van der Waals surface area (Å²) in [6, 6.07) is 6.16. The molecule has 0 saturated carbocycles. The standard InChI is InChI=1S/C12H15BrO4S/c1-4-17-11(14)12(2,3)18(15,16)10-7-5-9(13)6-8-10/h5-8H,4H2,1-3H3. The van der Waals surface area contributed by atoms with Gasteiger partial charge >= 0.3 is 5.97 Å². The molecule has 0 aliphatic heterocycles. The Labute approximate surface area is 115 Å². The van der Waals surface area contributed by atoms with E-state index in [0.29, 0.717) is 0 Å². The van der Waals surface area contributed by atoms with Gasteiger partial charge in [-0.25, -0.2) is 8.42 Å². The average molecular weight is 335 g/mol. The molecule has 0 fully saturated rings. The van der Waals surface area contributed by atoms with Gasteiger partial charge in [0, 0.05) is 4.47 Å². The Balaban J connectivity index is 3.21. The number of carbonyl (C=O) groups is 1. The summed E-state index contributed by atoms with van der Waals surface area (Å²) in [5, 5.41) is 0. The third-order valence-corrected chi connectivity index (χ3v) is 5.49. The van der Waals surface area contributed by atoms with Crippen molar-refractivity contribution >= 4 is 31.7 Å². The highest BCUT2D eigenvalue weighted by atomic mass is 79.9. The number of halogens is 1. The van der Waals surface area contributed by atoms with E-state index in [1.54, 1.807) is 19.1 Å². The van der Waals surface area contributed by atoms with E-state index in [2.05, 4.69) is 15.9 Å². The third kappa shape index (κ3) is 2.75. The molecular weight excluding hydrogens is 320 g/mol. The predicted octanol–water partition coefficient (Wildman–Crippen LogP) is 2.56. The number of rotatable bonds is 4. The first-order valence-corrected chi connectivity index (χ1v) is 7.68. The summed E-state index contributed by atoms with van der Waals surface area (Å²) in [5.74, 6) is -0.743. The van der Waals surface area contributed by atoms with E-state index >= 15 is 0 Å². The normalized spacial score (nSPS) is 12.2. The van der Waals surface area contributed by atoms with Gasteiger partial charge in [-0.3, -0.25) is 4.79 Å². The van der Waals surface area contributed by atoms with Gasteiger partial charge in [-0.2, -0.15) is 0 Å². The zero-order valence-corrected chi connectivity index (χ0v) is 12.8. The van der Waals surface area contributed by atoms with Crippen LogP contribution in [0.5, 0.6) is 0 Å². The monoisotopic (exact) mass is 334 g/mol. The Morgan fingerprint density at radius 1 is 1.28 bits per heavy atom. The molecule has 0 unspecified atom stereocenters. The topological polar surface area (TPSA) is 60.4 Å². The van der Waals surface area contributed by atoms with Crippen molar-refractivity contribution < 1.29 is 17.9 Å². The number of ether oxygens (including phenoxy) is 1. The summed E-state index contributed by atoms with van der Waals surface area (Å²) in [7, 11) is -3.77. The van der Waals surface area contributed by atoms with Crippen LogP contribution in [0.4, 0.5) is 0 Å². The molecule has 0 amide bonds. The molecular formula is C12H15BrO4S. The van der Waals surface area contributed by atoms with Gasteiger partial charge in [0.2, 0.25) is 0 Å². The summed E-state index contributed by atoms with van der Waals surface area (Å²) < 4.78 is 28.7. The SMILES string of the molecule is CCOC(=O)C(C)(C)S(=O)(=O)c1ccc(Br)cc1. The molecule has 6 heteroatoms. The predicted molar refractivity (Wildman–Crippen MR) is 72.0 cm³/mol. The molecule has 0 aliphatic carbocycles. The number of hydrogen-bond donors (Lipinski definition) is 0. The summed E-state index contributed by atoms with van der Waals surface area (Å²) >= 11 is 3.23. The van der Waals surface area contributed by atoms with Gasteiger partial charge < -0.3 is 4.74 Å². The lowest BCUT2D eigenvalue weighted by atomic mass is 10.2. The molecule has 0 aliphatic rings. The Morgan fingerprint density at radius 3 is 2.22 bits per heavy atom. The van der Waals surface area contributed by atoms with Crippen LogP contribution in [0, 0.1) is 0 Å². The number of benzene rings is 1. The second kappa shape index (κ2) is 5.40. The van der Waals surface area contributed by atoms with Crippen LogP contribution in [0.1, 0.15) is 20.8 Å². The summed E-state index contributed by atoms with van der Waals surface area (Å²) in [5.41, 5.74) is 0. The maximum atomic E-state index is 12.4. The summed E-state index contributed by atoms with van der Waals surface area (Å²) in [6.45, 7) is 4.49. The van der Waals surface area contributed by atoms with E-state index in [0.717, 1.165) is 4.47 Å². The van der Waals surface area contributed by atoms with Crippen LogP contribution in [-0.4, -0.2) is 25.7 Å². The van der Waals surface area contributed by atoms with E-state index in [1.165, 1.54) is 26.0 Å². The van der Waals surface area contributed by atoms with E-state index in [9.17, 15) is 13.2 Å². The highest BCUT2D eigenvalue weighted by Gasteiger charge is 2.44. The molecule has 0 saturated heterocycles. The van der Waals surface area contributed by atoms with Gasteiger partial charge in [-0.15, -0.1) is 0 Å². The third-order valence-electron chi connectivity index (χ3n) is 2.56. The first-order valence-electron chi connectivity index (χ1n) is 5.41. The van der Waals surface area contributed by atoms with Gasteiger partial charge in [0.25, 0.3) is 0 Å². The summed E-state index contributed by atoms with van der Waals surface area (Å²) in [4.78, 5) is 11.8. The average Bonchev–Trinajstić information content (AvgIpc) is 2.29. The molecule has 0 atom stereocenters. The van der Waals surface area contributed by atoms with E-state index in [-0.39, 0.29) is 11.5 Å². The van der Waals surface area contributed by atoms with E-state index in [4.69, 9.17) is 4.74 Å². The van der Waals surface area contributed by atoms with Crippen molar-refractivity contribution in [2.75, 3.05) is 6.61 Å². The smallest absolute Gasteiger partial charge is 0.327 e. The highest BCUT2D eigenvalue weighted by molar-refractivity contribution is 9.10. The highest BCUT2D eigenvalue weighted by Crippen LogP contribution is 2.27. The molecule has 1 rings (SSSR count). The van der Waals surface area contributed by atoms with Gasteiger partial charge in [-0.1, -0.05) is 15.9 Å². The lowest BCUT2D eigenvalue weighted by Crippen LogP contribution is -2.42. The lowest BCUT2D eigenvalue weighted by molar-refractivity contribution is -0.145. The van der Waals surface area contributed by atoms with Crippen molar-refractivity contribution in [3.05, 3.63) is 28.7 Å². The Kier molecular flexibility index (Phi) is 4.55. The maximum absolute atomic E-state index is 12.4. The molecule has 1 aromatic carbocycles. The molecule has 0 spiro atoms. The fraction of sp³-hybridized carbons (Fsp3) is 0.417. The second-order valence-electron chi connectivity index (χ2n) is 4.19. The number of carbonyl (C=O) groups excluding carboxylic acids is 1. The number of hydrogen-bond acceptors (Lipinski definition) is 4. The van der Waals surface area contributed by atoms with Crippen molar-refractivity contribution in [1.82, 2.24) is 0 Å². The van der Waals surface area contributed by atoms with Crippen LogP contribution < -0.4 is 0 Å². The van der Waals surface area contributed by atoms with Crippen molar-refractivity contribution in [2.24, 2.45) is 0 Å². The van der Waals surface area contributed by atoms with Crippen LogP contribution in [0.2, 0.25) is 0 Å². The van der Waals surface area contributed by atoms with Crippen LogP contribution in [0.15, 0.2) is 33.6 Å². The fourth-order valence-electron chi connectivity index (χ4n) is 1.32. The molecule has 4 nitrogen and oxygen atoms in total. The largest absolute Gasteiger partial charge is 0.465 e. The molecule has 0 heterocycles. The summed E-state index contributed by atoms with van der Waals surface area (Å²) in [6.07, 6.45) is 0. The zero-order valence-electron chi connectivity index (χ0n) is 10.4. The zero-order chi connectivity index (χ0) is 14.0. The minimum Gasteiger partial charge on any atom is -0.465 e. The van der Waals surface area contributed by atoms with Crippen molar-refractivity contribution in [1.29, 1.82) is 0 Å². The molecule has 0 radical (unpaired) electrons. The minimum atomic E-state index is -3.77. The van der Waals surface area contributed by atoms with E-state index < -0.39 is 20.6 Å². The molecule has 0 aromatic heterocycles.